The number of Topliss-reactive ketones (excluding diaryl/α,β-unsaturated/α-hetero) is 1. The zero-order valence-corrected chi connectivity index (χ0v) is 18.3. The maximum atomic E-state index is 13.3. The summed E-state index contributed by atoms with van der Waals surface area (Å²) >= 11 is 0. The molecule has 35 heavy (non-hydrogen) atoms. The molecule has 4 heterocycles. The first-order valence-electron chi connectivity index (χ1n) is 10.4. The molecule has 3 aromatic heterocycles. The summed E-state index contributed by atoms with van der Waals surface area (Å²) in [6.07, 6.45) is 0.302. The number of rotatable bonds is 7. The van der Waals surface area contributed by atoms with Crippen molar-refractivity contribution in [3.05, 3.63) is 42.9 Å². The number of carbonyl (C=O) groups excluding carboxylic acids is 1. The molecule has 188 valence electrons. The van der Waals surface area contributed by atoms with Crippen LogP contribution >= 0.6 is 0 Å². The summed E-state index contributed by atoms with van der Waals surface area (Å²) in [4.78, 5) is 21.0. The molecule has 1 aliphatic heterocycles. The Balaban J connectivity index is 0.00000342. The molecule has 0 saturated carbocycles. The zero-order chi connectivity index (χ0) is 24.5. The lowest BCUT2D eigenvalue weighted by Gasteiger charge is -2.26. The molecule has 0 bridgehead atoms. The molecule has 0 aliphatic carbocycles. The molecule has 0 aromatic carbocycles. The standard InChI is InChI=1S/C22H21F4N5O3.FH/c1-2-20-28-10-17(30(20)5-4-23)21-14-9-27-15(8-16(14)31(29-21)12-22(24,25)26)19(33)7-13-11-34-6-3-18(13)32;/h2,4-5,8-10,13,18,32H,1,3,6-7,11-12H2;1H/b5-4+;. The fourth-order valence-electron chi connectivity index (χ4n) is 3.94. The first-order chi connectivity index (χ1) is 16.2. The average Bonchev–Trinajstić information content (AvgIpc) is 3.35. The summed E-state index contributed by atoms with van der Waals surface area (Å²) in [5, 5.41) is 14.4. The van der Waals surface area contributed by atoms with Gasteiger partial charge in [0.1, 0.15) is 30.1 Å². The number of fused-ring (bicyclic) bond motifs is 1. The Hall–Kier alpha value is -3.45. The molecule has 1 fully saturated rings. The van der Waals surface area contributed by atoms with E-state index >= 15 is 0 Å². The molecule has 2 atom stereocenters. The molecule has 0 spiro atoms. The van der Waals surface area contributed by atoms with Crippen molar-refractivity contribution in [3.8, 4) is 11.4 Å². The summed E-state index contributed by atoms with van der Waals surface area (Å²) in [6, 6.07) is 1.25. The van der Waals surface area contributed by atoms with Gasteiger partial charge in [-0.3, -0.25) is 23.7 Å². The third kappa shape index (κ3) is 5.46. The second-order valence-electron chi connectivity index (χ2n) is 7.88. The third-order valence-electron chi connectivity index (χ3n) is 5.59. The topological polar surface area (TPSA) is 95.1 Å². The molecule has 1 saturated heterocycles. The van der Waals surface area contributed by atoms with E-state index in [4.69, 9.17) is 4.74 Å². The summed E-state index contributed by atoms with van der Waals surface area (Å²) in [6.45, 7) is 2.80. The summed E-state index contributed by atoms with van der Waals surface area (Å²) in [5.74, 6) is -0.596. The van der Waals surface area contributed by atoms with Crippen LogP contribution in [0.15, 0.2) is 31.4 Å². The van der Waals surface area contributed by atoms with Gasteiger partial charge in [0.15, 0.2) is 5.78 Å². The van der Waals surface area contributed by atoms with Crippen LogP contribution in [0.25, 0.3) is 34.6 Å². The monoisotopic (exact) mass is 499 g/mol. The van der Waals surface area contributed by atoms with Gasteiger partial charge in [-0.05, 0) is 18.6 Å². The van der Waals surface area contributed by atoms with Gasteiger partial charge in [-0.1, -0.05) is 6.58 Å². The van der Waals surface area contributed by atoms with Crippen molar-refractivity contribution < 1.29 is 36.9 Å². The van der Waals surface area contributed by atoms with Crippen LogP contribution in [-0.4, -0.2) is 60.7 Å². The Morgan fingerprint density at radius 1 is 1.31 bits per heavy atom. The van der Waals surface area contributed by atoms with Gasteiger partial charge in [0, 0.05) is 36.7 Å². The van der Waals surface area contributed by atoms with Gasteiger partial charge < -0.3 is 9.84 Å². The van der Waals surface area contributed by atoms with Crippen LogP contribution in [0.4, 0.5) is 22.3 Å². The Bertz CT molecular complexity index is 1250. The second-order valence-corrected chi connectivity index (χ2v) is 7.88. The quantitative estimate of drug-likeness (QED) is 0.390. The van der Waals surface area contributed by atoms with Crippen molar-refractivity contribution in [3.63, 3.8) is 0 Å². The first-order valence-corrected chi connectivity index (χ1v) is 10.4. The van der Waals surface area contributed by atoms with Crippen molar-refractivity contribution in [1.82, 2.24) is 24.3 Å². The van der Waals surface area contributed by atoms with Crippen LogP contribution in [-0.2, 0) is 11.3 Å². The van der Waals surface area contributed by atoms with E-state index in [-0.39, 0.29) is 57.9 Å². The molecular weight excluding hydrogens is 477 g/mol. The Morgan fingerprint density at radius 2 is 2.09 bits per heavy atom. The van der Waals surface area contributed by atoms with Gasteiger partial charge in [-0.2, -0.15) is 18.3 Å². The molecular formula is C22H22F5N5O3. The van der Waals surface area contributed by atoms with Crippen LogP contribution in [0, 0.1) is 5.92 Å². The zero-order valence-electron chi connectivity index (χ0n) is 18.3. The van der Waals surface area contributed by atoms with Gasteiger partial charge >= 0.3 is 6.18 Å². The van der Waals surface area contributed by atoms with E-state index < -0.39 is 30.5 Å². The van der Waals surface area contributed by atoms with E-state index in [1.54, 1.807) is 0 Å². The van der Waals surface area contributed by atoms with E-state index in [9.17, 15) is 27.5 Å². The number of pyridine rings is 1. The molecule has 0 amide bonds. The normalized spacial score (nSPS) is 18.7. The highest BCUT2D eigenvalue weighted by Gasteiger charge is 2.31. The molecule has 4 rings (SSSR count). The summed E-state index contributed by atoms with van der Waals surface area (Å²) < 4.78 is 60.1. The van der Waals surface area contributed by atoms with Gasteiger partial charge in [0.2, 0.25) is 0 Å². The molecule has 1 aliphatic rings. The van der Waals surface area contributed by atoms with Crippen LogP contribution in [0.3, 0.4) is 0 Å². The number of imidazole rings is 1. The number of halogens is 5. The number of carbonyl (C=O) groups is 1. The Morgan fingerprint density at radius 3 is 2.74 bits per heavy atom. The number of aliphatic hydroxyl groups excluding tert-OH is 1. The molecule has 2 unspecified atom stereocenters. The SMILES string of the molecule is C=Cc1ncc(-c2nn(CC(F)(F)F)c3cc(C(=O)CC4COCCC4O)ncc23)n1/C=C/F.F. The van der Waals surface area contributed by atoms with Crippen molar-refractivity contribution in [1.29, 1.82) is 0 Å². The van der Waals surface area contributed by atoms with Crippen molar-refractivity contribution in [2.45, 2.75) is 31.7 Å². The van der Waals surface area contributed by atoms with E-state index in [1.807, 2.05) is 0 Å². The Kier molecular flexibility index (Phi) is 7.80. The number of ketones is 1. The molecule has 13 heteroatoms. The van der Waals surface area contributed by atoms with E-state index in [2.05, 4.69) is 21.6 Å². The highest BCUT2D eigenvalue weighted by atomic mass is 19.4. The van der Waals surface area contributed by atoms with Crippen molar-refractivity contribution in [2.75, 3.05) is 13.2 Å². The van der Waals surface area contributed by atoms with E-state index in [1.165, 1.54) is 29.1 Å². The number of ether oxygens (including phenoxy) is 1. The van der Waals surface area contributed by atoms with Crippen LogP contribution < -0.4 is 0 Å². The maximum Gasteiger partial charge on any atom is 0.408 e. The van der Waals surface area contributed by atoms with Crippen molar-refractivity contribution in [2.24, 2.45) is 5.92 Å². The minimum Gasteiger partial charge on any atom is -0.393 e. The lowest BCUT2D eigenvalue weighted by molar-refractivity contribution is -0.141. The minimum absolute atomic E-state index is 0. The van der Waals surface area contributed by atoms with E-state index in [0.29, 0.717) is 13.0 Å². The van der Waals surface area contributed by atoms with Gasteiger partial charge in [-0.15, -0.1) is 0 Å². The number of alkyl halides is 3. The largest absolute Gasteiger partial charge is 0.408 e. The lowest BCUT2D eigenvalue weighted by atomic mass is 9.92. The molecule has 1 N–H and O–H groups in total. The minimum atomic E-state index is -4.58. The number of nitrogens with zero attached hydrogens (tertiary/aromatic N) is 5. The molecule has 3 aromatic rings. The number of hydrogen-bond donors (Lipinski definition) is 1. The van der Waals surface area contributed by atoms with Crippen molar-refractivity contribution >= 4 is 29.0 Å². The smallest absolute Gasteiger partial charge is 0.393 e. The molecule has 8 nitrogen and oxygen atoms in total. The highest BCUT2D eigenvalue weighted by molar-refractivity contribution is 6.00. The summed E-state index contributed by atoms with van der Waals surface area (Å²) in [7, 11) is 0. The summed E-state index contributed by atoms with van der Waals surface area (Å²) in [5.41, 5.74) is 0.283. The first kappa shape index (κ1) is 26.2. The van der Waals surface area contributed by atoms with Gasteiger partial charge in [0.05, 0.1) is 30.1 Å². The van der Waals surface area contributed by atoms with Gasteiger partial charge in [-0.25, -0.2) is 9.37 Å². The fourth-order valence-corrected chi connectivity index (χ4v) is 3.94. The molecule has 0 radical (unpaired) electrons. The van der Waals surface area contributed by atoms with Crippen LogP contribution in [0.2, 0.25) is 0 Å². The number of aliphatic hydroxyl groups is 1. The fraction of sp³-hybridized carbons (Fsp3) is 0.364. The predicted octanol–water partition coefficient (Wildman–Crippen LogP) is 4.02. The van der Waals surface area contributed by atoms with E-state index in [0.717, 1.165) is 10.9 Å². The average molecular weight is 499 g/mol. The maximum absolute atomic E-state index is 13.3. The second kappa shape index (κ2) is 10.4. The van der Waals surface area contributed by atoms with Crippen LogP contribution in [0.5, 0.6) is 0 Å². The van der Waals surface area contributed by atoms with Gasteiger partial charge in [0.25, 0.3) is 0 Å². The Labute approximate surface area is 195 Å². The van der Waals surface area contributed by atoms with Crippen LogP contribution in [0.1, 0.15) is 29.2 Å². The third-order valence-corrected chi connectivity index (χ3v) is 5.59. The number of aromatic nitrogens is 5. The lowest BCUT2D eigenvalue weighted by Crippen LogP contribution is -2.33. The number of hydrogen-bond acceptors (Lipinski definition) is 6. The highest BCUT2D eigenvalue weighted by Crippen LogP contribution is 2.32. The predicted molar refractivity (Wildman–Crippen MR) is 118 cm³/mol.